The van der Waals surface area contributed by atoms with E-state index in [1.807, 2.05) is 36.9 Å². The van der Waals surface area contributed by atoms with Crippen molar-refractivity contribution in [2.24, 2.45) is 0 Å². The summed E-state index contributed by atoms with van der Waals surface area (Å²) in [5, 5.41) is 14.6. The Morgan fingerprint density at radius 3 is 2.70 bits per heavy atom. The zero-order valence-electron chi connectivity index (χ0n) is 12.4. The molecule has 0 aliphatic heterocycles. The zero-order chi connectivity index (χ0) is 14.4. The van der Waals surface area contributed by atoms with Gasteiger partial charge in [-0.15, -0.1) is 0 Å². The number of phenolic OH excluding ortho intramolecular Hbond substituents is 1. The first-order valence-electron chi connectivity index (χ1n) is 7.44. The molecule has 1 fully saturated rings. The van der Waals surface area contributed by atoms with Crippen LogP contribution in [-0.4, -0.2) is 29.3 Å². The van der Waals surface area contributed by atoms with Gasteiger partial charge in [-0.1, -0.05) is 12.1 Å². The van der Waals surface area contributed by atoms with Crippen LogP contribution >= 0.6 is 11.8 Å². The van der Waals surface area contributed by atoms with E-state index < -0.39 is 0 Å². The molecule has 2 N–H and O–H groups in total. The first kappa shape index (κ1) is 15.5. The average Bonchev–Trinajstić information content (AvgIpc) is 2.49. The summed E-state index contributed by atoms with van der Waals surface area (Å²) < 4.78 is 5.42. The molecule has 0 atom stereocenters. The van der Waals surface area contributed by atoms with E-state index in [0.29, 0.717) is 24.9 Å². The summed E-state index contributed by atoms with van der Waals surface area (Å²) in [6.45, 7) is 3.21. The predicted octanol–water partition coefficient (Wildman–Crippen LogP) is 3.55. The Hall–Kier alpha value is -0.870. The second-order valence-corrected chi connectivity index (χ2v) is 6.43. The topological polar surface area (TPSA) is 41.5 Å². The minimum absolute atomic E-state index is 0.277. The second kappa shape index (κ2) is 7.79. The molecule has 4 heteroatoms. The van der Waals surface area contributed by atoms with E-state index in [1.165, 1.54) is 25.7 Å². The molecule has 3 nitrogen and oxygen atoms in total. The van der Waals surface area contributed by atoms with E-state index in [1.54, 1.807) is 0 Å². The smallest absolute Gasteiger partial charge is 0.162 e. The van der Waals surface area contributed by atoms with Crippen LogP contribution in [0.3, 0.4) is 0 Å². The Morgan fingerprint density at radius 1 is 1.30 bits per heavy atom. The molecule has 0 bridgehead atoms. The number of nitrogens with one attached hydrogen (secondary N) is 1. The quantitative estimate of drug-likeness (QED) is 0.842. The summed E-state index contributed by atoms with van der Waals surface area (Å²) in [4.78, 5) is 0. The molecule has 2 rings (SSSR count). The van der Waals surface area contributed by atoms with Gasteiger partial charge in [0.05, 0.1) is 6.61 Å². The van der Waals surface area contributed by atoms with Crippen LogP contribution in [0.25, 0.3) is 0 Å². The van der Waals surface area contributed by atoms with Crippen molar-refractivity contribution in [3.63, 3.8) is 0 Å². The minimum atomic E-state index is 0.277. The predicted molar refractivity (Wildman–Crippen MR) is 85.7 cm³/mol. The number of aromatic hydroxyl groups is 1. The van der Waals surface area contributed by atoms with E-state index in [2.05, 4.69) is 11.6 Å². The molecule has 1 aliphatic carbocycles. The van der Waals surface area contributed by atoms with Gasteiger partial charge in [0.2, 0.25) is 0 Å². The first-order valence-corrected chi connectivity index (χ1v) is 8.73. The van der Waals surface area contributed by atoms with Gasteiger partial charge in [-0.2, -0.15) is 11.8 Å². The highest BCUT2D eigenvalue weighted by atomic mass is 32.2. The van der Waals surface area contributed by atoms with Crippen molar-refractivity contribution >= 4 is 11.8 Å². The fourth-order valence-corrected chi connectivity index (χ4v) is 3.48. The Kier molecular flexibility index (Phi) is 6.05. The van der Waals surface area contributed by atoms with Gasteiger partial charge in [0.1, 0.15) is 0 Å². The Morgan fingerprint density at radius 2 is 2.05 bits per heavy atom. The Labute approximate surface area is 126 Å². The number of para-hydroxylation sites is 1. The lowest BCUT2D eigenvalue weighted by Gasteiger charge is -2.28. The van der Waals surface area contributed by atoms with Gasteiger partial charge in [0, 0.05) is 23.4 Å². The van der Waals surface area contributed by atoms with E-state index in [-0.39, 0.29) is 5.75 Å². The summed E-state index contributed by atoms with van der Waals surface area (Å²) in [5.74, 6) is 0.859. The molecule has 0 aromatic heterocycles. The van der Waals surface area contributed by atoms with Crippen molar-refractivity contribution in [1.29, 1.82) is 0 Å². The largest absolute Gasteiger partial charge is 0.504 e. The third kappa shape index (κ3) is 4.06. The number of phenols is 1. The molecular formula is C16H25NO2S. The zero-order valence-corrected chi connectivity index (χ0v) is 13.2. The molecule has 0 heterocycles. The van der Waals surface area contributed by atoms with E-state index in [9.17, 15) is 5.11 Å². The summed E-state index contributed by atoms with van der Waals surface area (Å²) >= 11 is 1.99. The summed E-state index contributed by atoms with van der Waals surface area (Å²) in [5.41, 5.74) is 0.919. The summed E-state index contributed by atoms with van der Waals surface area (Å²) in [6, 6.07) is 6.28. The summed E-state index contributed by atoms with van der Waals surface area (Å²) in [6.07, 6.45) is 7.26. The van der Waals surface area contributed by atoms with Crippen LogP contribution in [-0.2, 0) is 6.54 Å². The number of rotatable bonds is 6. The molecular weight excluding hydrogens is 270 g/mol. The standard InChI is InChI=1S/C16H25NO2S/c1-3-19-15-6-4-5-12(16(15)18)11-17-13-7-9-14(20-2)10-8-13/h4-6,13-14,17-18H,3,7-11H2,1-2H3. The van der Waals surface area contributed by atoms with Crippen LogP contribution in [0.1, 0.15) is 38.2 Å². The third-order valence-electron chi connectivity index (χ3n) is 3.97. The molecule has 1 aromatic carbocycles. The van der Waals surface area contributed by atoms with E-state index in [4.69, 9.17) is 4.74 Å². The molecule has 0 amide bonds. The fourth-order valence-electron chi connectivity index (χ4n) is 2.74. The molecule has 1 saturated carbocycles. The normalized spacial score (nSPS) is 22.7. The van der Waals surface area contributed by atoms with Crippen LogP contribution < -0.4 is 10.1 Å². The van der Waals surface area contributed by atoms with Gasteiger partial charge in [0.25, 0.3) is 0 Å². The molecule has 0 spiro atoms. The van der Waals surface area contributed by atoms with Crippen molar-refractivity contribution in [2.75, 3.05) is 12.9 Å². The van der Waals surface area contributed by atoms with Gasteiger partial charge in [0.15, 0.2) is 11.5 Å². The van der Waals surface area contributed by atoms with Crippen molar-refractivity contribution in [2.45, 2.75) is 50.4 Å². The van der Waals surface area contributed by atoms with Crippen LogP contribution in [0.5, 0.6) is 11.5 Å². The number of thioether (sulfide) groups is 1. The van der Waals surface area contributed by atoms with Gasteiger partial charge in [-0.3, -0.25) is 0 Å². The first-order chi connectivity index (χ1) is 9.74. The average molecular weight is 295 g/mol. The van der Waals surface area contributed by atoms with Gasteiger partial charge in [-0.05, 0) is 44.9 Å². The number of hydrogen-bond acceptors (Lipinski definition) is 4. The molecule has 1 aliphatic rings. The summed E-state index contributed by atoms with van der Waals surface area (Å²) in [7, 11) is 0. The van der Waals surface area contributed by atoms with Crippen LogP contribution in [0.2, 0.25) is 0 Å². The van der Waals surface area contributed by atoms with Crippen molar-refractivity contribution in [3.8, 4) is 11.5 Å². The highest BCUT2D eigenvalue weighted by Crippen LogP contribution is 2.31. The monoisotopic (exact) mass is 295 g/mol. The lowest BCUT2D eigenvalue weighted by molar-refractivity contribution is 0.315. The van der Waals surface area contributed by atoms with Gasteiger partial charge >= 0.3 is 0 Å². The van der Waals surface area contributed by atoms with Gasteiger partial charge in [-0.25, -0.2) is 0 Å². The molecule has 0 radical (unpaired) electrons. The maximum atomic E-state index is 10.2. The second-order valence-electron chi connectivity index (χ2n) is 5.29. The highest BCUT2D eigenvalue weighted by molar-refractivity contribution is 7.99. The molecule has 1 aromatic rings. The van der Waals surface area contributed by atoms with Crippen LogP contribution in [0, 0.1) is 0 Å². The maximum absolute atomic E-state index is 10.2. The van der Waals surface area contributed by atoms with E-state index >= 15 is 0 Å². The van der Waals surface area contributed by atoms with E-state index in [0.717, 1.165) is 10.8 Å². The number of ether oxygens (including phenoxy) is 1. The lowest BCUT2D eigenvalue weighted by atomic mass is 9.95. The van der Waals surface area contributed by atoms with Crippen molar-refractivity contribution < 1.29 is 9.84 Å². The third-order valence-corrected chi connectivity index (χ3v) is 5.11. The molecule has 20 heavy (non-hydrogen) atoms. The van der Waals surface area contributed by atoms with Crippen molar-refractivity contribution in [3.05, 3.63) is 23.8 Å². The maximum Gasteiger partial charge on any atom is 0.162 e. The van der Waals surface area contributed by atoms with Gasteiger partial charge < -0.3 is 15.2 Å². The fraction of sp³-hybridized carbons (Fsp3) is 0.625. The van der Waals surface area contributed by atoms with Crippen LogP contribution in [0.15, 0.2) is 18.2 Å². The van der Waals surface area contributed by atoms with Crippen LogP contribution in [0.4, 0.5) is 0 Å². The Balaban J connectivity index is 1.86. The molecule has 112 valence electrons. The van der Waals surface area contributed by atoms with Crippen molar-refractivity contribution in [1.82, 2.24) is 5.32 Å². The lowest BCUT2D eigenvalue weighted by Crippen LogP contribution is -2.33. The minimum Gasteiger partial charge on any atom is -0.504 e. The molecule has 0 saturated heterocycles. The Bertz CT molecular complexity index is 417. The number of hydrogen-bond donors (Lipinski definition) is 2. The SMILES string of the molecule is CCOc1cccc(CNC2CCC(SC)CC2)c1O. The molecule has 0 unspecified atom stereocenters. The highest BCUT2D eigenvalue weighted by Gasteiger charge is 2.20. The number of benzene rings is 1.